The van der Waals surface area contributed by atoms with Crippen LogP contribution < -0.4 is 4.74 Å². The highest BCUT2D eigenvalue weighted by molar-refractivity contribution is 7.20. The summed E-state index contributed by atoms with van der Waals surface area (Å²) in [5.74, 6) is 0.840. The molecule has 1 aromatic carbocycles. The van der Waals surface area contributed by atoms with Crippen molar-refractivity contribution in [1.29, 1.82) is 0 Å². The second-order valence-corrected chi connectivity index (χ2v) is 5.13. The van der Waals surface area contributed by atoms with Crippen LogP contribution in [-0.4, -0.2) is 18.3 Å². The molecule has 0 amide bonds. The number of benzene rings is 1. The molecule has 0 N–H and O–H groups in total. The van der Waals surface area contributed by atoms with Gasteiger partial charge < -0.3 is 4.74 Å². The van der Waals surface area contributed by atoms with E-state index in [-0.39, 0.29) is 0 Å². The van der Waals surface area contributed by atoms with E-state index in [4.69, 9.17) is 4.74 Å². The predicted molar refractivity (Wildman–Crippen MR) is 79.9 cm³/mol. The molecule has 19 heavy (non-hydrogen) atoms. The molecule has 0 aliphatic carbocycles. The molecule has 0 aliphatic rings. The molecule has 0 saturated carbocycles. The van der Waals surface area contributed by atoms with Gasteiger partial charge in [-0.05, 0) is 41.8 Å². The smallest absolute Gasteiger partial charge is 0.119 e. The number of methoxy groups -OCH3 is 1. The lowest BCUT2D eigenvalue weighted by Gasteiger charge is -1.98. The molecule has 94 valence electrons. The topological polar surface area (TPSA) is 34.5 Å². The van der Waals surface area contributed by atoms with Crippen molar-refractivity contribution in [3.05, 3.63) is 53.7 Å². The summed E-state index contributed by atoms with van der Waals surface area (Å²) >= 11 is 1.69. The third-order valence-corrected chi connectivity index (χ3v) is 3.78. The second-order valence-electron chi connectivity index (χ2n) is 4.02. The van der Waals surface area contributed by atoms with Crippen molar-refractivity contribution in [1.82, 2.24) is 4.98 Å². The molecule has 2 heterocycles. The molecule has 0 radical (unpaired) electrons. The summed E-state index contributed by atoms with van der Waals surface area (Å²) in [6.45, 7) is 0. The fraction of sp³-hybridized carbons (Fsp3) is 0.0667. The van der Waals surface area contributed by atoms with Gasteiger partial charge in [-0.25, -0.2) is 0 Å². The van der Waals surface area contributed by atoms with E-state index >= 15 is 0 Å². The summed E-state index contributed by atoms with van der Waals surface area (Å²) in [5, 5.41) is 1.20. The van der Waals surface area contributed by atoms with Crippen LogP contribution in [0.15, 0.2) is 53.8 Å². The van der Waals surface area contributed by atoms with Crippen LogP contribution in [0.4, 0.5) is 5.69 Å². The van der Waals surface area contributed by atoms with E-state index in [2.05, 4.69) is 16.0 Å². The van der Waals surface area contributed by atoms with Crippen LogP contribution in [0, 0.1) is 0 Å². The molecule has 0 bridgehead atoms. The Kier molecular flexibility index (Phi) is 3.25. The number of fused-ring (bicyclic) bond motifs is 1. The van der Waals surface area contributed by atoms with Gasteiger partial charge in [0.2, 0.25) is 0 Å². The Bertz CT molecular complexity index is 683. The quantitative estimate of drug-likeness (QED) is 0.671. The van der Waals surface area contributed by atoms with E-state index in [0.717, 1.165) is 16.3 Å². The standard InChI is InChI=1S/C15H12N2OS/c1-18-13-4-2-12(3-5-13)17-9-14-8-11-6-7-16-10-15(11)19-14/h2-10H,1H3. The maximum atomic E-state index is 5.12. The zero-order valence-electron chi connectivity index (χ0n) is 10.4. The summed E-state index contributed by atoms with van der Waals surface area (Å²) in [6, 6.07) is 11.8. The average molecular weight is 268 g/mol. The summed E-state index contributed by atoms with van der Waals surface area (Å²) in [7, 11) is 1.66. The highest BCUT2D eigenvalue weighted by atomic mass is 32.1. The molecular formula is C15H12N2OS. The van der Waals surface area contributed by atoms with Crippen molar-refractivity contribution in [3.8, 4) is 5.75 Å². The molecule has 0 spiro atoms. The summed E-state index contributed by atoms with van der Waals surface area (Å²) in [6.07, 6.45) is 5.57. The van der Waals surface area contributed by atoms with Gasteiger partial charge in [0, 0.05) is 23.5 Å². The number of aliphatic imine (C=N–C) groups is 1. The first-order chi connectivity index (χ1) is 9.35. The van der Waals surface area contributed by atoms with E-state index in [1.807, 2.05) is 42.7 Å². The van der Waals surface area contributed by atoms with Gasteiger partial charge in [0.1, 0.15) is 5.75 Å². The third-order valence-electron chi connectivity index (χ3n) is 2.76. The fourth-order valence-corrected chi connectivity index (χ4v) is 2.68. The zero-order valence-corrected chi connectivity index (χ0v) is 11.2. The highest BCUT2D eigenvalue weighted by Gasteiger charge is 1.99. The van der Waals surface area contributed by atoms with E-state index < -0.39 is 0 Å². The lowest BCUT2D eigenvalue weighted by Crippen LogP contribution is -1.80. The Morgan fingerprint density at radius 3 is 2.79 bits per heavy atom. The number of rotatable bonds is 3. The Morgan fingerprint density at radius 1 is 1.21 bits per heavy atom. The van der Waals surface area contributed by atoms with Crippen molar-refractivity contribution >= 4 is 33.3 Å². The minimum Gasteiger partial charge on any atom is -0.497 e. The number of pyridine rings is 1. The van der Waals surface area contributed by atoms with Crippen LogP contribution in [0.1, 0.15) is 4.88 Å². The molecule has 4 heteroatoms. The number of ether oxygens (including phenoxy) is 1. The predicted octanol–water partition coefficient (Wildman–Crippen LogP) is 4.06. The lowest BCUT2D eigenvalue weighted by molar-refractivity contribution is 0.415. The number of thiophene rings is 1. The van der Waals surface area contributed by atoms with E-state index in [1.54, 1.807) is 24.6 Å². The van der Waals surface area contributed by atoms with Gasteiger partial charge >= 0.3 is 0 Å². The molecule has 0 saturated heterocycles. The van der Waals surface area contributed by atoms with Crippen LogP contribution in [0.2, 0.25) is 0 Å². The molecule has 0 unspecified atom stereocenters. The Balaban J connectivity index is 1.84. The Morgan fingerprint density at radius 2 is 2.05 bits per heavy atom. The Labute approximate surface area is 115 Å². The maximum absolute atomic E-state index is 5.12. The molecule has 3 aromatic rings. The van der Waals surface area contributed by atoms with Gasteiger partial charge in [0.25, 0.3) is 0 Å². The van der Waals surface area contributed by atoms with Crippen LogP contribution in [0.3, 0.4) is 0 Å². The third kappa shape index (κ3) is 2.63. The highest BCUT2D eigenvalue weighted by Crippen LogP contribution is 2.24. The number of nitrogens with zero attached hydrogens (tertiary/aromatic N) is 2. The van der Waals surface area contributed by atoms with Crippen molar-refractivity contribution < 1.29 is 4.74 Å². The van der Waals surface area contributed by atoms with Crippen LogP contribution >= 0.6 is 11.3 Å². The Hall–Kier alpha value is -2.20. The van der Waals surface area contributed by atoms with Crippen molar-refractivity contribution in [2.75, 3.05) is 7.11 Å². The van der Waals surface area contributed by atoms with Gasteiger partial charge in [0.05, 0.1) is 17.5 Å². The minimum absolute atomic E-state index is 0.840. The lowest BCUT2D eigenvalue weighted by atomic mass is 10.3. The van der Waals surface area contributed by atoms with E-state index in [1.165, 1.54) is 10.1 Å². The van der Waals surface area contributed by atoms with E-state index in [9.17, 15) is 0 Å². The summed E-state index contributed by atoms with van der Waals surface area (Å²) < 4.78 is 6.29. The maximum Gasteiger partial charge on any atom is 0.119 e. The fourth-order valence-electron chi connectivity index (χ4n) is 1.78. The van der Waals surface area contributed by atoms with Gasteiger partial charge in [0.15, 0.2) is 0 Å². The number of hydrogen-bond acceptors (Lipinski definition) is 4. The van der Waals surface area contributed by atoms with Gasteiger partial charge in [-0.3, -0.25) is 9.98 Å². The van der Waals surface area contributed by atoms with Crippen LogP contribution in [0.25, 0.3) is 10.1 Å². The molecule has 2 aromatic heterocycles. The van der Waals surface area contributed by atoms with Gasteiger partial charge in [-0.15, -0.1) is 11.3 Å². The van der Waals surface area contributed by atoms with Crippen molar-refractivity contribution in [2.45, 2.75) is 0 Å². The zero-order chi connectivity index (χ0) is 13.1. The molecule has 0 aliphatic heterocycles. The SMILES string of the molecule is COc1ccc(N=Cc2cc3ccncc3s2)cc1. The first kappa shape index (κ1) is 11.9. The average Bonchev–Trinajstić information content (AvgIpc) is 2.88. The second kappa shape index (κ2) is 5.20. The minimum atomic E-state index is 0.840. The van der Waals surface area contributed by atoms with Gasteiger partial charge in [-0.2, -0.15) is 0 Å². The monoisotopic (exact) mass is 268 g/mol. The normalized spacial score (nSPS) is 11.2. The van der Waals surface area contributed by atoms with Crippen molar-refractivity contribution in [3.63, 3.8) is 0 Å². The van der Waals surface area contributed by atoms with Crippen molar-refractivity contribution in [2.24, 2.45) is 4.99 Å². The first-order valence-corrected chi connectivity index (χ1v) is 6.68. The molecular weight excluding hydrogens is 256 g/mol. The number of hydrogen-bond donors (Lipinski definition) is 0. The van der Waals surface area contributed by atoms with Gasteiger partial charge in [-0.1, -0.05) is 0 Å². The van der Waals surface area contributed by atoms with E-state index in [0.29, 0.717) is 0 Å². The summed E-state index contributed by atoms with van der Waals surface area (Å²) in [5.41, 5.74) is 0.913. The number of aromatic nitrogens is 1. The molecule has 3 nitrogen and oxygen atoms in total. The first-order valence-electron chi connectivity index (χ1n) is 5.87. The largest absolute Gasteiger partial charge is 0.497 e. The van der Waals surface area contributed by atoms with Crippen LogP contribution in [0.5, 0.6) is 5.75 Å². The molecule has 0 atom stereocenters. The van der Waals surface area contributed by atoms with Crippen LogP contribution in [-0.2, 0) is 0 Å². The summed E-state index contributed by atoms with van der Waals surface area (Å²) in [4.78, 5) is 9.70. The molecule has 0 fully saturated rings. The molecule has 3 rings (SSSR count).